The molecule has 6 nitrogen and oxygen atoms in total. The van der Waals surface area contributed by atoms with Crippen molar-refractivity contribution in [2.45, 2.75) is 11.6 Å². The first kappa shape index (κ1) is 14.3. The van der Waals surface area contributed by atoms with E-state index in [0.29, 0.717) is 6.42 Å². The first-order valence-corrected chi connectivity index (χ1v) is 7.58. The molecule has 0 saturated heterocycles. The van der Waals surface area contributed by atoms with Crippen LogP contribution in [-0.2, 0) is 21.0 Å². The SMILES string of the molecule is COC(=O)c1cnc(S(=O)(=O)CCc2ccccc2)[nH]1. The molecule has 1 heterocycles. The lowest BCUT2D eigenvalue weighted by Gasteiger charge is -2.01. The Morgan fingerprint density at radius 2 is 2.00 bits per heavy atom. The number of imidazole rings is 1. The summed E-state index contributed by atoms with van der Waals surface area (Å²) in [6.45, 7) is 0. The Kier molecular flexibility index (Phi) is 4.19. The maximum absolute atomic E-state index is 12.1. The van der Waals surface area contributed by atoms with Gasteiger partial charge in [0.2, 0.25) is 15.0 Å². The van der Waals surface area contributed by atoms with E-state index in [2.05, 4.69) is 14.7 Å². The van der Waals surface area contributed by atoms with E-state index in [4.69, 9.17) is 0 Å². The first-order chi connectivity index (χ1) is 9.53. The Morgan fingerprint density at radius 1 is 1.30 bits per heavy atom. The molecule has 0 amide bonds. The summed E-state index contributed by atoms with van der Waals surface area (Å²) in [5.41, 5.74) is 0.946. The zero-order chi connectivity index (χ0) is 14.6. The fourth-order valence-electron chi connectivity index (χ4n) is 1.67. The maximum atomic E-state index is 12.1. The van der Waals surface area contributed by atoms with Gasteiger partial charge in [-0.2, -0.15) is 0 Å². The van der Waals surface area contributed by atoms with E-state index in [-0.39, 0.29) is 16.6 Å². The summed E-state index contributed by atoms with van der Waals surface area (Å²) < 4.78 is 28.7. The van der Waals surface area contributed by atoms with Crippen molar-refractivity contribution >= 4 is 15.8 Å². The van der Waals surface area contributed by atoms with Gasteiger partial charge in [-0.25, -0.2) is 18.2 Å². The van der Waals surface area contributed by atoms with E-state index in [0.717, 1.165) is 11.8 Å². The number of aromatic nitrogens is 2. The number of rotatable bonds is 5. The zero-order valence-electron chi connectivity index (χ0n) is 10.9. The van der Waals surface area contributed by atoms with Crippen LogP contribution in [0, 0.1) is 0 Å². The van der Waals surface area contributed by atoms with E-state index in [1.54, 1.807) is 0 Å². The van der Waals surface area contributed by atoms with Crippen molar-refractivity contribution in [3.05, 3.63) is 47.8 Å². The number of nitrogens with one attached hydrogen (secondary N) is 1. The second-order valence-electron chi connectivity index (χ2n) is 4.15. The molecule has 0 unspecified atom stereocenters. The number of ether oxygens (including phenoxy) is 1. The Morgan fingerprint density at radius 3 is 2.65 bits per heavy atom. The minimum atomic E-state index is -3.55. The highest BCUT2D eigenvalue weighted by molar-refractivity contribution is 7.91. The maximum Gasteiger partial charge on any atom is 0.356 e. The molecule has 0 spiro atoms. The van der Waals surface area contributed by atoms with Crippen LogP contribution in [0.5, 0.6) is 0 Å². The third-order valence-corrected chi connectivity index (χ3v) is 4.29. The Labute approximate surface area is 116 Å². The van der Waals surface area contributed by atoms with Crippen LogP contribution < -0.4 is 0 Å². The van der Waals surface area contributed by atoms with Gasteiger partial charge in [0.05, 0.1) is 19.1 Å². The van der Waals surface area contributed by atoms with E-state index >= 15 is 0 Å². The van der Waals surface area contributed by atoms with Crippen molar-refractivity contribution in [1.29, 1.82) is 0 Å². The molecular formula is C13H14N2O4S. The van der Waals surface area contributed by atoms with E-state index in [9.17, 15) is 13.2 Å². The van der Waals surface area contributed by atoms with Gasteiger partial charge in [0.25, 0.3) is 0 Å². The van der Waals surface area contributed by atoms with Gasteiger partial charge >= 0.3 is 5.97 Å². The number of nitrogens with zero attached hydrogens (tertiary/aromatic N) is 1. The summed E-state index contributed by atoms with van der Waals surface area (Å²) in [7, 11) is -2.34. The highest BCUT2D eigenvalue weighted by atomic mass is 32.2. The average molecular weight is 294 g/mol. The van der Waals surface area contributed by atoms with Crippen LogP contribution >= 0.6 is 0 Å². The van der Waals surface area contributed by atoms with E-state index in [1.165, 1.54) is 7.11 Å². The highest BCUT2D eigenvalue weighted by Crippen LogP contribution is 2.10. The van der Waals surface area contributed by atoms with Crippen molar-refractivity contribution in [2.24, 2.45) is 0 Å². The molecule has 106 valence electrons. The van der Waals surface area contributed by atoms with Gasteiger partial charge in [-0.3, -0.25) is 0 Å². The van der Waals surface area contributed by atoms with Crippen molar-refractivity contribution in [3.8, 4) is 0 Å². The van der Waals surface area contributed by atoms with Crippen molar-refractivity contribution in [3.63, 3.8) is 0 Å². The Hall–Kier alpha value is -2.15. The van der Waals surface area contributed by atoms with Gasteiger partial charge in [-0.05, 0) is 12.0 Å². The van der Waals surface area contributed by atoms with Gasteiger partial charge < -0.3 is 9.72 Å². The van der Waals surface area contributed by atoms with Crippen molar-refractivity contribution in [2.75, 3.05) is 12.9 Å². The zero-order valence-corrected chi connectivity index (χ0v) is 11.7. The predicted octanol–water partition coefficient (Wildman–Crippen LogP) is 1.21. The highest BCUT2D eigenvalue weighted by Gasteiger charge is 2.20. The third kappa shape index (κ3) is 3.24. The van der Waals surface area contributed by atoms with Crippen LogP contribution in [0.1, 0.15) is 16.1 Å². The number of H-pyrrole nitrogens is 1. The normalized spacial score (nSPS) is 11.2. The lowest BCUT2D eigenvalue weighted by Crippen LogP contribution is -2.11. The van der Waals surface area contributed by atoms with E-state index in [1.807, 2.05) is 30.3 Å². The van der Waals surface area contributed by atoms with Crippen molar-refractivity contribution in [1.82, 2.24) is 9.97 Å². The van der Waals surface area contributed by atoms with Gasteiger partial charge in [0.1, 0.15) is 5.69 Å². The smallest absolute Gasteiger partial charge is 0.356 e. The molecule has 2 rings (SSSR count). The molecule has 20 heavy (non-hydrogen) atoms. The number of benzene rings is 1. The summed E-state index contributed by atoms with van der Waals surface area (Å²) in [6, 6.07) is 9.29. The third-order valence-electron chi connectivity index (χ3n) is 2.75. The quantitative estimate of drug-likeness (QED) is 0.837. The van der Waals surface area contributed by atoms with Crippen LogP contribution in [-0.4, -0.2) is 37.2 Å². The van der Waals surface area contributed by atoms with Crippen LogP contribution in [0.15, 0.2) is 41.7 Å². The standard InChI is InChI=1S/C13H14N2O4S/c1-19-12(16)11-9-14-13(15-11)20(17,18)8-7-10-5-3-2-4-6-10/h2-6,9H,7-8H2,1H3,(H,14,15). The number of methoxy groups -OCH3 is 1. The van der Waals surface area contributed by atoms with Crippen LogP contribution in [0.4, 0.5) is 0 Å². The summed E-state index contributed by atoms with van der Waals surface area (Å²) >= 11 is 0. The molecule has 7 heteroatoms. The Balaban J connectivity index is 2.10. The number of aryl methyl sites for hydroxylation is 1. The average Bonchev–Trinajstić information content (AvgIpc) is 2.96. The minimum Gasteiger partial charge on any atom is -0.464 e. The molecule has 0 fully saturated rings. The topological polar surface area (TPSA) is 89.1 Å². The first-order valence-electron chi connectivity index (χ1n) is 5.93. The monoisotopic (exact) mass is 294 g/mol. The summed E-state index contributed by atoms with van der Waals surface area (Å²) in [6.07, 6.45) is 1.54. The molecule has 0 radical (unpaired) electrons. The fourth-order valence-corrected chi connectivity index (χ4v) is 2.84. The molecule has 1 aromatic carbocycles. The number of sulfone groups is 1. The number of aromatic amines is 1. The summed E-state index contributed by atoms with van der Waals surface area (Å²) in [4.78, 5) is 17.4. The molecule has 0 saturated carbocycles. The van der Waals surface area contributed by atoms with Gasteiger partial charge in [-0.1, -0.05) is 30.3 Å². The number of hydrogen-bond donors (Lipinski definition) is 1. The number of carbonyl (C=O) groups excluding carboxylic acids is 1. The van der Waals surface area contributed by atoms with Gasteiger partial charge in [0.15, 0.2) is 0 Å². The van der Waals surface area contributed by atoms with Crippen LogP contribution in [0.25, 0.3) is 0 Å². The second kappa shape index (κ2) is 5.87. The lowest BCUT2D eigenvalue weighted by molar-refractivity contribution is 0.0594. The van der Waals surface area contributed by atoms with Gasteiger partial charge in [-0.15, -0.1) is 0 Å². The van der Waals surface area contributed by atoms with Gasteiger partial charge in [0, 0.05) is 0 Å². The molecular weight excluding hydrogens is 280 g/mol. The molecule has 1 N–H and O–H groups in total. The number of carbonyl (C=O) groups is 1. The number of esters is 1. The van der Waals surface area contributed by atoms with Crippen molar-refractivity contribution < 1.29 is 17.9 Å². The number of hydrogen-bond acceptors (Lipinski definition) is 5. The van der Waals surface area contributed by atoms with Crippen LogP contribution in [0.2, 0.25) is 0 Å². The molecule has 2 aromatic rings. The summed E-state index contributed by atoms with van der Waals surface area (Å²) in [5.74, 6) is -0.729. The minimum absolute atomic E-state index is 0.0192. The van der Waals surface area contributed by atoms with Crippen LogP contribution in [0.3, 0.4) is 0 Å². The molecule has 1 aromatic heterocycles. The lowest BCUT2D eigenvalue weighted by atomic mass is 10.2. The predicted molar refractivity (Wildman–Crippen MR) is 72.1 cm³/mol. The molecule has 0 aliphatic carbocycles. The molecule has 0 aliphatic rings. The molecule has 0 aliphatic heterocycles. The fraction of sp³-hybridized carbons (Fsp3) is 0.231. The second-order valence-corrected chi connectivity index (χ2v) is 6.17. The largest absolute Gasteiger partial charge is 0.464 e. The molecule has 0 bridgehead atoms. The van der Waals surface area contributed by atoms with E-state index < -0.39 is 15.8 Å². The molecule has 0 atom stereocenters. The Bertz CT molecular complexity index is 692. The summed E-state index contributed by atoms with van der Waals surface area (Å²) in [5, 5.41) is -0.214.